The highest BCUT2D eigenvalue weighted by Crippen LogP contribution is 2.26. The number of carbonyl (C=O) groups is 1. The van der Waals surface area contributed by atoms with Crippen LogP contribution in [-0.4, -0.2) is 22.2 Å². The van der Waals surface area contributed by atoms with Gasteiger partial charge >= 0.3 is 0 Å². The molecule has 3 rings (SSSR count). The Morgan fingerprint density at radius 3 is 2.82 bits per heavy atom. The topological polar surface area (TPSA) is 56.1 Å². The predicted molar refractivity (Wildman–Crippen MR) is 111 cm³/mol. The number of hydrogen-bond donors (Lipinski definition) is 1. The fraction of sp³-hybridized carbons (Fsp3) is 0.273. The Morgan fingerprint density at radius 2 is 2.04 bits per heavy atom. The number of nitrogens with one attached hydrogen (secondary N) is 1. The molecule has 28 heavy (non-hydrogen) atoms. The second-order valence-corrected chi connectivity index (χ2v) is 7.16. The molecule has 1 heterocycles. The van der Waals surface area contributed by atoms with Crippen molar-refractivity contribution in [3.63, 3.8) is 0 Å². The fourth-order valence-electron chi connectivity index (χ4n) is 2.82. The molecule has 2 aromatic carbocycles. The average Bonchev–Trinajstić information content (AvgIpc) is 3.11. The lowest BCUT2D eigenvalue weighted by Crippen LogP contribution is -2.25. The molecule has 1 amide bonds. The molecular weight excluding hydrogens is 374 g/mol. The van der Waals surface area contributed by atoms with Crippen molar-refractivity contribution in [3.8, 4) is 5.75 Å². The minimum absolute atomic E-state index is 0.0907. The SMILES string of the molecule is Cc1ccc(Cl)c(OCc2cccc(C(=O)NCCCn3ccc(C)n3)c2)c1. The zero-order chi connectivity index (χ0) is 19.9. The van der Waals surface area contributed by atoms with E-state index in [1.54, 1.807) is 6.07 Å². The average molecular weight is 398 g/mol. The Morgan fingerprint density at radius 1 is 1.18 bits per heavy atom. The lowest BCUT2D eigenvalue weighted by molar-refractivity contribution is 0.0952. The van der Waals surface area contributed by atoms with Crippen molar-refractivity contribution in [2.45, 2.75) is 33.4 Å². The maximum absolute atomic E-state index is 12.4. The van der Waals surface area contributed by atoms with Crippen LogP contribution in [0.15, 0.2) is 54.7 Å². The van der Waals surface area contributed by atoms with E-state index in [2.05, 4.69) is 10.4 Å². The van der Waals surface area contributed by atoms with Gasteiger partial charge in [0, 0.05) is 24.8 Å². The molecule has 1 N–H and O–H groups in total. The molecule has 0 aliphatic carbocycles. The van der Waals surface area contributed by atoms with Crippen LogP contribution in [0, 0.1) is 13.8 Å². The molecule has 0 aliphatic rings. The molecule has 146 valence electrons. The lowest BCUT2D eigenvalue weighted by atomic mass is 10.1. The van der Waals surface area contributed by atoms with Crippen LogP contribution in [-0.2, 0) is 13.2 Å². The smallest absolute Gasteiger partial charge is 0.251 e. The van der Waals surface area contributed by atoms with Gasteiger partial charge in [-0.2, -0.15) is 5.10 Å². The monoisotopic (exact) mass is 397 g/mol. The summed E-state index contributed by atoms with van der Waals surface area (Å²) in [4.78, 5) is 12.4. The number of amides is 1. The summed E-state index contributed by atoms with van der Waals surface area (Å²) in [5.41, 5.74) is 3.61. The molecule has 0 radical (unpaired) electrons. The number of hydrogen-bond acceptors (Lipinski definition) is 3. The Balaban J connectivity index is 1.50. The van der Waals surface area contributed by atoms with E-state index in [4.69, 9.17) is 16.3 Å². The minimum atomic E-state index is -0.0907. The second-order valence-electron chi connectivity index (χ2n) is 6.75. The summed E-state index contributed by atoms with van der Waals surface area (Å²) in [6.07, 6.45) is 2.77. The van der Waals surface area contributed by atoms with Crippen molar-refractivity contribution in [2.75, 3.05) is 6.54 Å². The first kappa shape index (κ1) is 20.0. The molecule has 0 atom stereocenters. The molecule has 0 fully saturated rings. The Bertz CT molecular complexity index is 952. The Labute approximate surface area is 170 Å². The van der Waals surface area contributed by atoms with Gasteiger partial charge in [0.1, 0.15) is 12.4 Å². The molecule has 3 aromatic rings. The highest BCUT2D eigenvalue weighted by Gasteiger charge is 2.07. The summed E-state index contributed by atoms with van der Waals surface area (Å²) in [5.74, 6) is 0.553. The van der Waals surface area contributed by atoms with Crippen molar-refractivity contribution in [1.82, 2.24) is 15.1 Å². The first-order valence-corrected chi connectivity index (χ1v) is 9.65. The first-order chi connectivity index (χ1) is 13.5. The number of nitrogens with zero attached hydrogens (tertiary/aromatic N) is 2. The van der Waals surface area contributed by atoms with Crippen LogP contribution in [0.25, 0.3) is 0 Å². The van der Waals surface area contributed by atoms with Gasteiger partial charge in [0.2, 0.25) is 0 Å². The van der Waals surface area contributed by atoms with E-state index in [0.717, 1.165) is 29.8 Å². The molecule has 5 nitrogen and oxygen atoms in total. The highest BCUT2D eigenvalue weighted by molar-refractivity contribution is 6.32. The summed E-state index contributed by atoms with van der Waals surface area (Å²) in [5, 5.41) is 7.86. The maximum atomic E-state index is 12.4. The van der Waals surface area contributed by atoms with Gasteiger partial charge in [-0.1, -0.05) is 29.8 Å². The van der Waals surface area contributed by atoms with E-state index in [9.17, 15) is 4.79 Å². The number of halogens is 1. The van der Waals surface area contributed by atoms with Gasteiger partial charge in [0.15, 0.2) is 0 Å². The molecule has 6 heteroatoms. The number of aromatic nitrogens is 2. The summed E-state index contributed by atoms with van der Waals surface area (Å²) in [6.45, 7) is 5.67. The van der Waals surface area contributed by atoms with Crippen LogP contribution in [0.3, 0.4) is 0 Å². The molecule has 0 saturated carbocycles. The van der Waals surface area contributed by atoms with E-state index < -0.39 is 0 Å². The summed E-state index contributed by atoms with van der Waals surface area (Å²) < 4.78 is 7.70. The molecule has 1 aromatic heterocycles. The van der Waals surface area contributed by atoms with Gasteiger partial charge in [-0.05, 0) is 61.7 Å². The second kappa shape index (κ2) is 9.42. The van der Waals surface area contributed by atoms with Gasteiger partial charge < -0.3 is 10.1 Å². The van der Waals surface area contributed by atoms with Crippen LogP contribution in [0.1, 0.15) is 33.6 Å². The molecular formula is C22H24ClN3O2. The van der Waals surface area contributed by atoms with E-state index in [1.165, 1.54) is 0 Å². The van der Waals surface area contributed by atoms with E-state index in [0.29, 0.717) is 29.5 Å². The molecule has 0 unspecified atom stereocenters. The van der Waals surface area contributed by atoms with Crippen LogP contribution >= 0.6 is 11.6 Å². The summed E-state index contributed by atoms with van der Waals surface area (Å²) >= 11 is 6.17. The van der Waals surface area contributed by atoms with Crippen molar-refractivity contribution < 1.29 is 9.53 Å². The third kappa shape index (κ3) is 5.60. The largest absolute Gasteiger partial charge is 0.487 e. The zero-order valence-electron chi connectivity index (χ0n) is 16.1. The van der Waals surface area contributed by atoms with E-state index >= 15 is 0 Å². The molecule has 0 bridgehead atoms. The van der Waals surface area contributed by atoms with Crippen LogP contribution in [0.4, 0.5) is 0 Å². The lowest BCUT2D eigenvalue weighted by Gasteiger charge is -2.10. The Hall–Kier alpha value is -2.79. The van der Waals surface area contributed by atoms with Gasteiger partial charge in [-0.15, -0.1) is 0 Å². The van der Waals surface area contributed by atoms with Crippen LogP contribution in [0.2, 0.25) is 5.02 Å². The van der Waals surface area contributed by atoms with Crippen molar-refractivity contribution in [3.05, 3.63) is 82.1 Å². The quantitative estimate of drug-likeness (QED) is 0.567. The fourth-order valence-corrected chi connectivity index (χ4v) is 2.99. The third-order valence-corrected chi connectivity index (χ3v) is 4.61. The normalized spacial score (nSPS) is 10.7. The van der Waals surface area contributed by atoms with Crippen LogP contribution < -0.4 is 10.1 Å². The molecule has 0 spiro atoms. The van der Waals surface area contributed by atoms with Gasteiger partial charge in [-0.3, -0.25) is 9.48 Å². The minimum Gasteiger partial charge on any atom is -0.487 e. The summed E-state index contributed by atoms with van der Waals surface area (Å²) in [7, 11) is 0. The van der Waals surface area contributed by atoms with E-state index in [1.807, 2.05) is 67.2 Å². The number of benzene rings is 2. The van der Waals surface area contributed by atoms with Gasteiger partial charge in [0.25, 0.3) is 5.91 Å². The molecule has 0 aliphatic heterocycles. The van der Waals surface area contributed by atoms with Gasteiger partial charge in [0.05, 0.1) is 10.7 Å². The maximum Gasteiger partial charge on any atom is 0.251 e. The first-order valence-electron chi connectivity index (χ1n) is 9.27. The standard InChI is InChI=1S/C22H24ClN3O2/c1-16-7-8-20(23)21(13-16)28-15-18-5-3-6-19(14-18)22(27)24-10-4-11-26-12-9-17(2)25-26/h3,5-9,12-14H,4,10-11,15H2,1-2H3,(H,24,27). The number of ether oxygens (including phenoxy) is 1. The predicted octanol–water partition coefficient (Wildman–Crippen LogP) is 4.55. The number of aryl methyl sites for hydroxylation is 3. The third-order valence-electron chi connectivity index (χ3n) is 4.29. The molecule has 0 saturated heterocycles. The van der Waals surface area contributed by atoms with Gasteiger partial charge in [-0.25, -0.2) is 0 Å². The Kier molecular flexibility index (Phi) is 6.71. The van der Waals surface area contributed by atoms with E-state index in [-0.39, 0.29) is 5.91 Å². The van der Waals surface area contributed by atoms with Crippen LogP contribution in [0.5, 0.6) is 5.75 Å². The van der Waals surface area contributed by atoms with Crippen molar-refractivity contribution >= 4 is 17.5 Å². The summed E-state index contributed by atoms with van der Waals surface area (Å²) in [6, 6.07) is 15.1. The highest BCUT2D eigenvalue weighted by atomic mass is 35.5. The van der Waals surface area contributed by atoms with Crippen molar-refractivity contribution in [2.24, 2.45) is 0 Å². The van der Waals surface area contributed by atoms with Crippen molar-refractivity contribution in [1.29, 1.82) is 0 Å². The number of rotatable bonds is 8. The zero-order valence-corrected chi connectivity index (χ0v) is 16.9. The number of carbonyl (C=O) groups excluding carboxylic acids is 1.